The third kappa shape index (κ3) is 4.86. The van der Waals surface area contributed by atoms with Crippen LogP contribution in [0.25, 0.3) is 0 Å². The normalized spacial score (nSPS) is 25.9. The van der Waals surface area contributed by atoms with Gasteiger partial charge in [-0.15, -0.1) is 10.2 Å². The molecule has 4 saturated heterocycles. The molecule has 230 valence electrons. The molecule has 0 saturated carbocycles. The maximum atomic E-state index is 15.6. The van der Waals surface area contributed by atoms with Crippen molar-refractivity contribution in [2.45, 2.75) is 56.7 Å². The number of piperidine rings is 2. The first-order valence-corrected chi connectivity index (χ1v) is 15.1. The summed E-state index contributed by atoms with van der Waals surface area (Å²) < 4.78 is 15.6. The number of piperazine rings is 1. The van der Waals surface area contributed by atoms with Gasteiger partial charge in [0, 0.05) is 51.2 Å². The molecule has 44 heavy (non-hydrogen) atoms. The highest BCUT2D eigenvalue weighted by Gasteiger charge is 2.47. The van der Waals surface area contributed by atoms with Gasteiger partial charge in [-0.3, -0.25) is 39.1 Å². The van der Waals surface area contributed by atoms with Gasteiger partial charge >= 0.3 is 0 Å². The molecule has 3 N–H and O–H groups in total. The highest BCUT2D eigenvalue weighted by Crippen LogP contribution is 2.40. The van der Waals surface area contributed by atoms with E-state index < -0.39 is 41.4 Å². The van der Waals surface area contributed by atoms with Crippen LogP contribution in [0.2, 0.25) is 0 Å². The average Bonchev–Trinajstić information content (AvgIpc) is 3.40. The molecule has 0 aliphatic carbocycles. The van der Waals surface area contributed by atoms with E-state index in [4.69, 9.17) is 5.73 Å². The summed E-state index contributed by atoms with van der Waals surface area (Å²) in [5.74, 6) is -2.39. The van der Waals surface area contributed by atoms with Crippen molar-refractivity contribution in [1.29, 1.82) is 0 Å². The molecule has 2 aromatic rings. The summed E-state index contributed by atoms with van der Waals surface area (Å²) in [6.07, 6.45) is 3.88. The summed E-state index contributed by atoms with van der Waals surface area (Å²) >= 11 is 0. The number of hydrogen-bond donors (Lipinski definition) is 2. The number of carbonyl (C=O) groups is 5. The number of nitrogens with one attached hydrogen (secondary N) is 1. The second-order valence-corrected chi connectivity index (χ2v) is 12.4. The molecule has 5 amide bonds. The zero-order valence-corrected chi connectivity index (χ0v) is 24.1. The third-order valence-electron chi connectivity index (χ3n) is 9.70. The maximum Gasteiger partial charge on any atom is 0.269 e. The number of primary amides is 1. The number of imide groups is 2. The second-order valence-electron chi connectivity index (χ2n) is 12.4. The Bertz CT molecular complexity index is 1550. The Kier molecular flexibility index (Phi) is 7.03. The largest absolute Gasteiger partial charge is 0.364 e. The van der Waals surface area contributed by atoms with Gasteiger partial charge in [-0.2, -0.15) is 0 Å². The van der Waals surface area contributed by atoms with E-state index in [-0.39, 0.29) is 41.7 Å². The quantitative estimate of drug-likeness (QED) is 0.449. The van der Waals surface area contributed by atoms with Gasteiger partial charge in [0.25, 0.3) is 17.7 Å². The van der Waals surface area contributed by atoms with E-state index in [1.54, 1.807) is 12.1 Å². The number of amides is 5. The number of hydrogen-bond acceptors (Lipinski definition) is 10. The molecule has 1 aromatic carbocycles. The zero-order valence-electron chi connectivity index (χ0n) is 24.1. The van der Waals surface area contributed by atoms with Crippen molar-refractivity contribution in [3.8, 4) is 0 Å². The lowest BCUT2D eigenvalue weighted by Gasteiger charge is -2.44. The van der Waals surface area contributed by atoms with E-state index in [2.05, 4.69) is 30.2 Å². The van der Waals surface area contributed by atoms with Crippen molar-refractivity contribution >= 4 is 41.0 Å². The van der Waals surface area contributed by atoms with Gasteiger partial charge in [0.15, 0.2) is 11.5 Å². The fraction of sp³-hybridized carbons (Fsp3) is 0.500. The first-order chi connectivity index (χ1) is 21.2. The number of halogens is 1. The minimum atomic E-state index is -1.09. The molecule has 1 aromatic heterocycles. The lowest BCUT2D eigenvalue weighted by Crippen LogP contribution is -2.55. The maximum absolute atomic E-state index is 15.6. The van der Waals surface area contributed by atoms with Crippen LogP contribution in [-0.2, 0) is 9.59 Å². The lowest BCUT2D eigenvalue weighted by molar-refractivity contribution is -0.136. The van der Waals surface area contributed by atoms with Crippen LogP contribution in [0.5, 0.6) is 0 Å². The van der Waals surface area contributed by atoms with Gasteiger partial charge in [-0.25, -0.2) is 4.39 Å². The van der Waals surface area contributed by atoms with E-state index in [0.29, 0.717) is 11.6 Å². The SMILES string of the molecule is NC(=O)c1ccc(N2CCC(CN3CC4CCC(C3)N4c3cc4c(cc3F)C(=O)N(C3CCC(=O)NC3=O)C4=O)CC2)nn1. The number of aromatic nitrogens is 2. The van der Waals surface area contributed by atoms with Gasteiger partial charge in [0.1, 0.15) is 11.9 Å². The van der Waals surface area contributed by atoms with Crippen LogP contribution < -0.4 is 20.9 Å². The minimum Gasteiger partial charge on any atom is -0.364 e. The number of likely N-dealkylation sites (tertiary alicyclic amines) is 1. The molecular weight excluding hydrogens is 571 g/mol. The zero-order chi connectivity index (χ0) is 30.7. The summed E-state index contributed by atoms with van der Waals surface area (Å²) in [5, 5.41) is 10.3. The standard InChI is InChI=1S/C30H33FN8O5/c31-21-11-19-20(30(44)39(29(19)43)23-4-6-26(40)33-28(23)42)12-24(21)38-17-1-2-18(38)15-36(14-17)13-16-7-9-37(10-8-16)25-5-3-22(27(32)41)34-35-25/h3,5,11-12,16-18,23H,1-2,4,6-10,13-15H2,(H2,32,41)(H,33,40,42). The molecule has 0 radical (unpaired) electrons. The predicted molar refractivity (Wildman–Crippen MR) is 154 cm³/mol. The summed E-state index contributed by atoms with van der Waals surface area (Å²) in [7, 11) is 0. The summed E-state index contributed by atoms with van der Waals surface area (Å²) in [6.45, 7) is 4.18. The lowest BCUT2D eigenvalue weighted by atomic mass is 9.95. The van der Waals surface area contributed by atoms with E-state index in [0.717, 1.165) is 75.2 Å². The molecule has 13 nitrogen and oxygen atoms in total. The predicted octanol–water partition coefficient (Wildman–Crippen LogP) is 0.685. The van der Waals surface area contributed by atoms with Crippen LogP contribution in [0.15, 0.2) is 24.3 Å². The Morgan fingerprint density at radius 1 is 0.932 bits per heavy atom. The van der Waals surface area contributed by atoms with Gasteiger partial charge in [-0.05, 0) is 62.3 Å². The fourth-order valence-electron chi connectivity index (χ4n) is 7.54. The van der Waals surface area contributed by atoms with Crippen molar-refractivity contribution in [3.63, 3.8) is 0 Å². The number of anilines is 2. The van der Waals surface area contributed by atoms with Crippen LogP contribution >= 0.6 is 0 Å². The smallest absolute Gasteiger partial charge is 0.269 e. The second kappa shape index (κ2) is 10.9. The Balaban J connectivity index is 0.998. The number of benzene rings is 1. The molecule has 7 rings (SSSR count). The molecular formula is C30H33FN8O5. The number of nitrogens with two attached hydrogens (primary N) is 1. The average molecular weight is 605 g/mol. The monoisotopic (exact) mass is 604 g/mol. The van der Waals surface area contributed by atoms with Crippen molar-refractivity contribution in [1.82, 2.24) is 25.3 Å². The van der Waals surface area contributed by atoms with Crippen molar-refractivity contribution in [3.05, 3.63) is 46.9 Å². The molecule has 3 atom stereocenters. The fourth-order valence-corrected chi connectivity index (χ4v) is 7.54. The van der Waals surface area contributed by atoms with Gasteiger partial charge < -0.3 is 15.5 Å². The van der Waals surface area contributed by atoms with E-state index in [9.17, 15) is 24.0 Å². The Morgan fingerprint density at radius 2 is 1.61 bits per heavy atom. The van der Waals surface area contributed by atoms with E-state index >= 15 is 4.39 Å². The molecule has 5 aliphatic heterocycles. The minimum absolute atomic E-state index is 0.0249. The van der Waals surface area contributed by atoms with Crippen LogP contribution in [-0.4, -0.2) is 100 Å². The Morgan fingerprint density at radius 3 is 2.23 bits per heavy atom. The van der Waals surface area contributed by atoms with Crippen LogP contribution in [0, 0.1) is 11.7 Å². The Labute approximate surface area is 252 Å². The number of fused-ring (bicyclic) bond motifs is 3. The van der Waals surface area contributed by atoms with Gasteiger partial charge in [0.2, 0.25) is 11.8 Å². The van der Waals surface area contributed by atoms with Crippen molar-refractivity contribution < 1.29 is 28.4 Å². The summed E-state index contributed by atoms with van der Waals surface area (Å²) in [4.78, 5) is 69.3. The molecule has 2 bridgehead atoms. The number of carbonyl (C=O) groups excluding carboxylic acids is 5. The molecule has 6 heterocycles. The van der Waals surface area contributed by atoms with E-state index in [1.807, 2.05) is 0 Å². The van der Waals surface area contributed by atoms with Gasteiger partial charge in [-0.1, -0.05) is 0 Å². The van der Waals surface area contributed by atoms with Crippen LogP contribution in [0.3, 0.4) is 0 Å². The van der Waals surface area contributed by atoms with Gasteiger partial charge in [0.05, 0.1) is 16.8 Å². The first-order valence-electron chi connectivity index (χ1n) is 15.1. The van der Waals surface area contributed by atoms with Crippen LogP contribution in [0.4, 0.5) is 15.9 Å². The van der Waals surface area contributed by atoms with Crippen molar-refractivity contribution in [2.75, 3.05) is 42.5 Å². The summed E-state index contributed by atoms with van der Waals surface area (Å²) in [5.41, 5.74) is 5.77. The topological polar surface area (TPSA) is 162 Å². The highest BCUT2D eigenvalue weighted by atomic mass is 19.1. The molecule has 3 unspecified atom stereocenters. The molecule has 4 fully saturated rings. The van der Waals surface area contributed by atoms with E-state index in [1.165, 1.54) is 6.07 Å². The van der Waals surface area contributed by atoms with Crippen LogP contribution in [0.1, 0.15) is 69.7 Å². The Hall–Kier alpha value is -4.46. The highest BCUT2D eigenvalue weighted by molar-refractivity contribution is 6.23. The molecule has 5 aliphatic rings. The van der Waals surface area contributed by atoms with Crippen molar-refractivity contribution in [2.24, 2.45) is 11.7 Å². The molecule has 14 heteroatoms. The number of nitrogens with zero attached hydrogens (tertiary/aromatic N) is 6. The number of rotatable bonds is 6. The summed E-state index contributed by atoms with van der Waals surface area (Å²) in [6, 6.07) is 5.05. The molecule has 0 spiro atoms. The third-order valence-corrected chi connectivity index (χ3v) is 9.70. The first kappa shape index (κ1) is 28.3.